The van der Waals surface area contributed by atoms with E-state index in [-0.39, 0.29) is 5.03 Å². The highest BCUT2D eigenvalue weighted by atomic mass is 35.5. The Morgan fingerprint density at radius 3 is 2.36 bits per heavy atom. The molecular weight excluding hydrogens is 187 g/mol. The van der Waals surface area contributed by atoms with Gasteiger partial charge in [-0.25, -0.2) is 0 Å². The van der Waals surface area contributed by atoms with Gasteiger partial charge in [0, 0.05) is 5.03 Å². The lowest BCUT2D eigenvalue weighted by Gasteiger charge is -2.22. The number of halogens is 2. The van der Waals surface area contributed by atoms with Crippen molar-refractivity contribution in [2.24, 2.45) is 0 Å². The maximum absolute atomic E-state index is 9.27. The highest BCUT2D eigenvalue weighted by molar-refractivity contribution is 6.35. The van der Waals surface area contributed by atoms with Gasteiger partial charge in [-0.1, -0.05) is 23.2 Å². The summed E-state index contributed by atoms with van der Waals surface area (Å²) in [5, 5.41) is 19.0. The van der Waals surface area contributed by atoms with Crippen LogP contribution in [0.2, 0.25) is 0 Å². The summed E-state index contributed by atoms with van der Waals surface area (Å²) in [4.78, 5) is 0. The lowest BCUT2D eigenvalue weighted by atomic mass is 10.0. The maximum Gasteiger partial charge on any atom is 0.119 e. The molecule has 1 aliphatic rings. The largest absolute Gasteiger partial charge is 0.386 e. The second-order valence-electron chi connectivity index (χ2n) is 2.45. The zero-order valence-electron chi connectivity index (χ0n) is 5.88. The standard InChI is InChI=1S/C7H8Cl2O2/c1-3-4(8)2-5(9)7(11)6(3)10/h2,6-7,10-11H,1H3/t6-,7+/m0/s1. The van der Waals surface area contributed by atoms with Gasteiger partial charge >= 0.3 is 0 Å². The van der Waals surface area contributed by atoms with Crippen LogP contribution < -0.4 is 0 Å². The Labute approximate surface area is 74.7 Å². The normalized spacial score (nSPS) is 32.3. The highest BCUT2D eigenvalue weighted by Gasteiger charge is 2.26. The van der Waals surface area contributed by atoms with Gasteiger partial charge in [0.1, 0.15) is 12.2 Å². The van der Waals surface area contributed by atoms with Gasteiger partial charge in [-0.15, -0.1) is 0 Å². The molecular formula is C7H8Cl2O2. The van der Waals surface area contributed by atoms with Crippen LogP contribution in [-0.4, -0.2) is 22.4 Å². The predicted octanol–water partition coefficient (Wildman–Crippen LogP) is 1.36. The first-order valence-corrected chi connectivity index (χ1v) is 3.89. The zero-order valence-corrected chi connectivity index (χ0v) is 7.39. The van der Waals surface area contributed by atoms with Crippen LogP contribution >= 0.6 is 23.2 Å². The molecule has 62 valence electrons. The van der Waals surface area contributed by atoms with Gasteiger partial charge < -0.3 is 10.2 Å². The van der Waals surface area contributed by atoms with E-state index in [0.29, 0.717) is 10.6 Å². The number of allylic oxidation sites excluding steroid dienone is 2. The molecule has 0 aromatic carbocycles. The number of aliphatic hydroxyl groups excluding tert-OH is 2. The summed E-state index contributed by atoms with van der Waals surface area (Å²) in [7, 11) is 0. The fraction of sp³-hybridized carbons (Fsp3) is 0.429. The Morgan fingerprint density at radius 1 is 1.27 bits per heavy atom. The van der Waals surface area contributed by atoms with Gasteiger partial charge in [0.25, 0.3) is 0 Å². The molecule has 0 saturated heterocycles. The Hall–Kier alpha value is -0.0200. The molecule has 0 aromatic rings. The lowest BCUT2D eigenvalue weighted by molar-refractivity contribution is 0.0683. The van der Waals surface area contributed by atoms with E-state index >= 15 is 0 Å². The van der Waals surface area contributed by atoms with E-state index in [1.165, 1.54) is 6.08 Å². The fourth-order valence-electron chi connectivity index (χ4n) is 0.849. The molecule has 0 radical (unpaired) electrons. The first kappa shape index (κ1) is 9.07. The van der Waals surface area contributed by atoms with Gasteiger partial charge in [0.05, 0.1) is 5.03 Å². The minimum Gasteiger partial charge on any atom is -0.386 e. The van der Waals surface area contributed by atoms with Crippen LogP contribution in [0, 0.1) is 0 Å². The molecule has 2 N–H and O–H groups in total. The van der Waals surface area contributed by atoms with Crippen molar-refractivity contribution < 1.29 is 10.2 Å². The first-order valence-electron chi connectivity index (χ1n) is 3.13. The average molecular weight is 195 g/mol. The van der Waals surface area contributed by atoms with Crippen LogP contribution in [0.4, 0.5) is 0 Å². The van der Waals surface area contributed by atoms with Crippen LogP contribution in [-0.2, 0) is 0 Å². The van der Waals surface area contributed by atoms with Gasteiger partial charge in [0.15, 0.2) is 0 Å². The monoisotopic (exact) mass is 194 g/mol. The van der Waals surface area contributed by atoms with Crippen molar-refractivity contribution in [1.29, 1.82) is 0 Å². The Kier molecular flexibility index (Phi) is 2.60. The number of rotatable bonds is 0. The SMILES string of the molecule is CC1=C(Cl)C=C(Cl)[C@@H](O)[C@H]1O. The third-order valence-corrected chi connectivity index (χ3v) is 2.41. The van der Waals surface area contributed by atoms with Crippen molar-refractivity contribution in [1.82, 2.24) is 0 Å². The smallest absolute Gasteiger partial charge is 0.119 e. The predicted molar refractivity (Wildman–Crippen MR) is 44.5 cm³/mol. The topological polar surface area (TPSA) is 40.5 Å². The number of aliphatic hydroxyl groups is 2. The molecule has 0 aromatic heterocycles. The second kappa shape index (κ2) is 3.15. The molecule has 0 unspecified atom stereocenters. The molecule has 0 bridgehead atoms. The second-order valence-corrected chi connectivity index (χ2v) is 3.29. The maximum atomic E-state index is 9.27. The Morgan fingerprint density at radius 2 is 1.82 bits per heavy atom. The van der Waals surface area contributed by atoms with E-state index in [0.717, 1.165) is 0 Å². The summed E-state index contributed by atoms with van der Waals surface area (Å²) in [6.07, 6.45) is -0.560. The fourth-order valence-corrected chi connectivity index (χ4v) is 1.36. The van der Waals surface area contributed by atoms with E-state index in [1.807, 2.05) is 0 Å². The van der Waals surface area contributed by atoms with Gasteiger partial charge in [-0.2, -0.15) is 0 Å². The zero-order chi connectivity index (χ0) is 8.59. The summed E-state index contributed by atoms with van der Waals surface area (Å²) in [6, 6.07) is 0. The van der Waals surface area contributed by atoms with Crippen molar-refractivity contribution in [2.75, 3.05) is 0 Å². The average Bonchev–Trinajstić information content (AvgIpc) is 1.97. The van der Waals surface area contributed by atoms with Crippen molar-refractivity contribution in [2.45, 2.75) is 19.1 Å². The molecule has 2 nitrogen and oxygen atoms in total. The number of hydrogen-bond acceptors (Lipinski definition) is 2. The lowest BCUT2D eigenvalue weighted by Crippen LogP contribution is -2.30. The van der Waals surface area contributed by atoms with E-state index in [1.54, 1.807) is 6.92 Å². The Bertz CT molecular complexity index is 233. The molecule has 11 heavy (non-hydrogen) atoms. The molecule has 2 atom stereocenters. The van der Waals surface area contributed by atoms with Crippen molar-refractivity contribution >= 4 is 23.2 Å². The minimum atomic E-state index is -1.03. The third-order valence-electron chi connectivity index (χ3n) is 1.67. The molecule has 0 aliphatic heterocycles. The molecule has 0 heterocycles. The van der Waals surface area contributed by atoms with E-state index in [4.69, 9.17) is 23.2 Å². The molecule has 1 aliphatic carbocycles. The first-order chi connectivity index (χ1) is 5.04. The third kappa shape index (κ3) is 1.59. The van der Waals surface area contributed by atoms with Crippen molar-refractivity contribution in [3.8, 4) is 0 Å². The highest BCUT2D eigenvalue weighted by Crippen LogP contribution is 2.28. The molecule has 4 heteroatoms. The quantitative estimate of drug-likeness (QED) is 0.612. The van der Waals surface area contributed by atoms with Crippen molar-refractivity contribution in [3.63, 3.8) is 0 Å². The minimum absolute atomic E-state index is 0.174. The van der Waals surface area contributed by atoms with Crippen LogP contribution in [0.1, 0.15) is 6.92 Å². The van der Waals surface area contributed by atoms with Crippen LogP contribution in [0.25, 0.3) is 0 Å². The summed E-state index contributed by atoms with van der Waals surface area (Å²) >= 11 is 11.2. The number of hydrogen-bond donors (Lipinski definition) is 2. The van der Waals surface area contributed by atoms with Crippen LogP contribution in [0.5, 0.6) is 0 Å². The van der Waals surface area contributed by atoms with Crippen LogP contribution in [0.15, 0.2) is 21.7 Å². The van der Waals surface area contributed by atoms with E-state index < -0.39 is 12.2 Å². The molecule has 0 fully saturated rings. The van der Waals surface area contributed by atoms with E-state index in [9.17, 15) is 10.2 Å². The van der Waals surface area contributed by atoms with Crippen molar-refractivity contribution in [3.05, 3.63) is 21.7 Å². The summed E-state index contributed by atoms with van der Waals surface area (Å²) in [5.41, 5.74) is 0.545. The van der Waals surface area contributed by atoms with Gasteiger partial charge in [-0.05, 0) is 18.6 Å². The molecule has 0 spiro atoms. The summed E-state index contributed by atoms with van der Waals surface area (Å²) in [5.74, 6) is 0. The molecule has 0 amide bonds. The van der Waals surface area contributed by atoms with Crippen LogP contribution in [0.3, 0.4) is 0 Å². The molecule has 0 saturated carbocycles. The summed E-state index contributed by atoms with van der Waals surface area (Å²) in [6.45, 7) is 1.65. The molecule has 1 rings (SSSR count). The van der Waals surface area contributed by atoms with Gasteiger partial charge in [0.2, 0.25) is 0 Å². The summed E-state index contributed by atoms with van der Waals surface area (Å²) < 4.78 is 0. The van der Waals surface area contributed by atoms with Gasteiger partial charge in [-0.3, -0.25) is 0 Å². The Balaban J connectivity index is 3.01. The van der Waals surface area contributed by atoms with E-state index in [2.05, 4.69) is 0 Å².